The SMILES string of the molecule is CNCCN1C(=O)CS[C@H]1c1ccc(C(F)(F)F)cc1. The van der Waals surface area contributed by atoms with E-state index >= 15 is 0 Å². The van der Waals surface area contributed by atoms with Crippen LogP contribution < -0.4 is 5.32 Å². The molecule has 0 saturated carbocycles. The maximum Gasteiger partial charge on any atom is 0.416 e. The number of nitrogens with one attached hydrogen (secondary N) is 1. The summed E-state index contributed by atoms with van der Waals surface area (Å²) < 4.78 is 37.6. The van der Waals surface area contributed by atoms with Gasteiger partial charge in [-0.15, -0.1) is 11.8 Å². The Hall–Kier alpha value is -1.21. The molecular formula is C13H15F3N2OS. The monoisotopic (exact) mass is 304 g/mol. The summed E-state index contributed by atoms with van der Waals surface area (Å²) in [6.45, 7) is 1.21. The van der Waals surface area contributed by atoms with Gasteiger partial charge in [-0.25, -0.2) is 0 Å². The summed E-state index contributed by atoms with van der Waals surface area (Å²) in [7, 11) is 1.79. The number of carbonyl (C=O) groups excluding carboxylic acids is 1. The Balaban J connectivity index is 2.16. The highest BCUT2D eigenvalue weighted by Crippen LogP contribution is 2.39. The van der Waals surface area contributed by atoms with E-state index in [1.165, 1.54) is 23.9 Å². The van der Waals surface area contributed by atoms with E-state index in [-0.39, 0.29) is 11.3 Å². The van der Waals surface area contributed by atoms with Crippen LogP contribution in [0.2, 0.25) is 0 Å². The normalized spacial score (nSPS) is 19.7. The Morgan fingerprint density at radius 1 is 1.35 bits per heavy atom. The van der Waals surface area contributed by atoms with E-state index in [4.69, 9.17) is 0 Å². The number of hydrogen-bond donors (Lipinski definition) is 1. The molecule has 1 aromatic carbocycles. The van der Waals surface area contributed by atoms with Crippen LogP contribution in [0.1, 0.15) is 16.5 Å². The van der Waals surface area contributed by atoms with Crippen LogP contribution in [0.5, 0.6) is 0 Å². The fourth-order valence-corrected chi connectivity index (χ4v) is 3.26. The van der Waals surface area contributed by atoms with Crippen molar-refractivity contribution in [2.24, 2.45) is 0 Å². The molecular weight excluding hydrogens is 289 g/mol. The van der Waals surface area contributed by atoms with Crippen LogP contribution >= 0.6 is 11.8 Å². The summed E-state index contributed by atoms with van der Waals surface area (Å²) in [5.74, 6) is 0.394. The van der Waals surface area contributed by atoms with Crippen LogP contribution in [-0.4, -0.2) is 36.7 Å². The zero-order chi connectivity index (χ0) is 14.8. The average Bonchev–Trinajstić information content (AvgIpc) is 2.77. The van der Waals surface area contributed by atoms with Crippen LogP contribution in [-0.2, 0) is 11.0 Å². The number of benzene rings is 1. The molecule has 2 rings (SSSR count). The third-order valence-corrected chi connectivity index (χ3v) is 4.35. The highest BCUT2D eigenvalue weighted by atomic mass is 32.2. The molecule has 20 heavy (non-hydrogen) atoms. The van der Waals surface area contributed by atoms with Crippen molar-refractivity contribution in [3.63, 3.8) is 0 Å². The fourth-order valence-electron chi connectivity index (χ4n) is 2.04. The second kappa shape index (κ2) is 6.05. The molecule has 1 fully saturated rings. The molecule has 110 valence electrons. The summed E-state index contributed by atoms with van der Waals surface area (Å²) in [5.41, 5.74) is 0.0577. The van der Waals surface area contributed by atoms with Crippen LogP contribution in [0, 0.1) is 0 Å². The number of thioether (sulfide) groups is 1. The molecule has 1 N–H and O–H groups in total. The molecule has 1 aromatic rings. The number of carbonyl (C=O) groups is 1. The Morgan fingerprint density at radius 2 is 2.00 bits per heavy atom. The lowest BCUT2D eigenvalue weighted by molar-refractivity contribution is -0.137. The molecule has 1 aliphatic rings. The van der Waals surface area contributed by atoms with Gasteiger partial charge in [0.25, 0.3) is 0 Å². The van der Waals surface area contributed by atoms with Gasteiger partial charge in [0, 0.05) is 13.1 Å². The van der Waals surface area contributed by atoms with Gasteiger partial charge in [0.15, 0.2) is 0 Å². The van der Waals surface area contributed by atoms with Crippen molar-refractivity contribution in [3.8, 4) is 0 Å². The Bertz CT molecular complexity index is 475. The lowest BCUT2D eigenvalue weighted by atomic mass is 10.1. The minimum Gasteiger partial charge on any atom is -0.325 e. The van der Waals surface area contributed by atoms with E-state index in [1.54, 1.807) is 11.9 Å². The Kier molecular flexibility index (Phi) is 4.59. The van der Waals surface area contributed by atoms with E-state index in [0.717, 1.165) is 17.7 Å². The van der Waals surface area contributed by atoms with E-state index in [0.29, 0.717) is 18.8 Å². The maximum atomic E-state index is 12.5. The molecule has 1 saturated heterocycles. The second-order valence-electron chi connectivity index (χ2n) is 4.47. The first kappa shape index (κ1) is 15.2. The van der Waals surface area contributed by atoms with Crippen molar-refractivity contribution < 1.29 is 18.0 Å². The molecule has 0 unspecified atom stereocenters. The van der Waals surface area contributed by atoms with Crippen LogP contribution in [0.3, 0.4) is 0 Å². The largest absolute Gasteiger partial charge is 0.416 e. The summed E-state index contributed by atoms with van der Waals surface area (Å²) in [4.78, 5) is 13.5. The first-order valence-electron chi connectivity index (χ1n) is 6.16. The minimum absolute atomic E-state index is 0.0233. The van der Waals surface area contributed by atoms with Gasteiger partial charge in [0.05, 0.1) is 11.3 Å². The van der Waals surface area contributed by atoms with Crippen LogP contribution in [0.4, 0.5) is 13.2 Å². The summed E-state index contributed by atoms with van der Waals surface area (Å²) in [5, 5.41) is 2.77. The van der Waals surface area contributed by atoms with E-state index < -0.39 is 11.7 Å². The van der Waals surface area contributed by atoms with Crippen molar-refractivity contribution >= 4 is 17.7 Å². The standard InChI is InChI=1S/C13H15F3N2OS/c1-17-6-7-18-11(19)8-20-12(18)9-2-4-10(5-3-9)13(14,15)16/h2-5,12,17H,6-8H2,1H3/t12-/m0/s1. The van der Waals surface area contributed by atoms with Crippen LogP contribution in [0.25, 0.3) is 0 Å². The van der Waals surface area contributed by atoms with E-state index in [2.05, 4.69) is 5.32 Å². The molecule has 0 spiro atoms. The highest BCUT2D eigenvalue weighted by Gasteiger charge is 2.34. The quantitative estimate of drug-likeness (QED) is 0.927. The molecule has 0 aromatic heterocycles. The van der Waals surface area contributed by atoms with Gasteiger partial charge in [-0.05, 0) is 24.7 Å². The number of amides is 1. The van der Waals surface area contributed by atoms with Crippen molar-refractivity contribution in [2.75, 3.05) is 25.9 Å². The number of halogens is 3. The van der Waals surface area contributed by atoms with Gasteiger partial charge in [-0.2, -0.15) is 13.2 Å². The minimum atomic E-state index is -4.33. The van der Waals surface area contributed by atoms with Crippen molar-refractivity contribution in [2.45, 2.75) is 11.6 Å². The Labute approximate surface area is 119 Å². The molecule has 3 nitrogen and oxygen atoms in total. The van der Waals surface area contributed by atoms with Gasteiger partial charge in [-0.3, -0.25) is 4.79 Å². The number of alkyl halides is 3. The number of rotatable bonds is 4. The average molecular weight is 304 g/mol. The fraction of sp³-hybridized carbons (Fsp3) is 0.462. The summed E-state index contributed by atoms with van der Waals surface area (Å²) >= 11 is 1.44. The van der Waals surface area contributed by atoms with Crippen molar-refractivity contribution in [1.82, 2.24) is 10.2 Å². The molecule has 0 bridgehead atoms. The van der Waals surface area contributed by atoms with Gasteiger partial charge < -0.3 is 10.2 Å². The maximum absolute atomic E-state index is 12.5. The summed E-state index contributed by atoms with van der Waals surface area (Å²) in [6.07, 6.45) is -4.33. The predicted molar refractivity (Wildman–Crippen MR) is 72.3 cm³/mol. The van der Waals surface area contributed by atoms with Crippen LogP contribution in [0.15, 0.2) is 24.3 Å². The van der Waals surface area contributed by atoms with Gasteiger partial charge >= 0.3 is 6.18 Å². The summed E-state index contributed by atoms with van der Waals surface area (Å²) in [6, 6.07) is 5.03. The molecule has 7 heteroatoms. The third kappa shape index (κ3) is 3.27. The van der Waals surface area contributed by atoms with Gasteiger partial charge in [0.1, 0.15) is 5.37 Å². The molecule has 0 radical (unpaired) electrons. The Morgan fingerprint density at radius 3 is 2.55 bits per heavy atom. The predicted octanol–water partition coefficient (Wildman–Crippen LogP) is 2.50. The molecule has 0 aliphatic carbocycles. The molecule has 1 atom stereocenters. The zero-order valence-corrected chi connectivity index (χ0v) is 11.7. The zero-order valence-electron chi connectivity index (χ0n) is 10.9. The van der Waals surface area contributed by atoms with E-state index in [9.17, 15) is 18.0 Å². The lowest BCUT2D eigenvalue weighted by Gasteiger charge is -2.24. The second-order valence-corrected chi connectivity index (χ2v) is 5.54. The molecule has 1 amide bonds. The third-order valence-electron chi connectivity index (χ3n) is 3.09. The van der Waals surface area contributed by atoms with Gasteiger partial charge in [-0.1, -0.05) is 12.1 Å². The molecule has 1 aliphatic heterocycles. The topological polar surface area (TPSA) is 32.3 Å². The number of hydrogen-bond acceptors (Lipinski definition) is 3. The molecule has 1 heterocycles. The van der Waals surface area contributed by atoms with E-state index in [1.807, 2.05) is 0 Å². The van der Waals surface area contributed by atoms with Crippen molar-refractivity contribution in [1.29, 1.82) is 0 Å². The highest BCUT2D eigenvalue weighted by molar-refractivity contribution is 8.00. The smallest absolute Gasteiger partial charge is 0.325 e. The first-order valence-corrected chi connectivity index (χ1v) is 7.21. The number of nitrogens with zero attached hydrogens (tertiary/aromatic N) is 1. The number of likely N-dealkylation sites (N-methyl/N-ethyl adjacent to an activating group) is 1. The first-order chi connectivity index (χ1) is 9.43. The van der Waals surface area contributed by atoms with Gasteiger partial charge in [0.2, 0.25) is 5.91 Å². The van der Waals surface area contributed by atoms with Crippen molar-refractivity contribution in [3.05, 3.63) is 35.4 Å². The lowest BCUT2D eigenvalue weighted by Crippen LogP contribution is -2.34.